The van der Waals surface area contributed by atoms with Crippen molar-refractivity contribution in [3.63, 3.8) is 0 Å². The van der Waals surface area contributed by atoms with Crippen LogP contribution in [0.3, 0.4) is 0 Å². The van der Waals surface area contributed by atoms with Gasteiger partial charge in [0, 0.05) is 15.8 Å². The lowest BCUT2D eigenvalue weighted by Crippen LogP contribution is -1.94. The number of rotatable bonds is 6. The number of para-hydroxylation sites is 1. The summed E-state index contributed by atoms with van der Waals surface area (Å²) in [5, 5.41) is 3.11. The van der Waals surface area contributed by atoms with Gasteiger partial charge >= 0.3 is 0 Å². The fourth-order valence-electron chi connectivity index (χ4n) is 1.54. The second kappa shape index (κ2) is 7.39. The van der Waals surface area contributed by atoms with Gasteiger partial charge in [0.05, 0.1) is 0 Å². The molecule has 1 aromatic heterocycles. The van der Waals surface area contributed by atoms with Gasteiger partial charge in [0.1, 0.15) is 12.4 Å². The standard InChI is InChI=1S/C15H15BrOS/c16-10-5-4-8-15-13(9-11-18-15)12-17-14-6-2-1-3-7-14/h1-4,6-9,11H,5,10,12H2/b8-4+. The van der Waals surface area contributed by atoms with Gasteiger partial charge in [-0.15, -0.1) is 11.3 Å². The summed E-state index contributed by atoms with van der Waals surface area (Å²) >= 11 is 5.17. The molecule has 0 saturated heterocycles. The zero-order chi connectivity index (χ0) is 12.6. The van der Waals surface area contributed by atoms with Crippen molar-refractivity contribution >= 4 is 33.3 Å². The van der Waals surface area contributed by atoms with Gasteiger partial charge in [-0.3, -0.25) is 0 Å². The third kappa shape index (κ3) is 4.00. The Morgan fingerprint density at radius 2 is 2.00 bits per heavy atom. The Hall–Kier alpha value is -1.06. The molecule has 0 aliphatic rings. The first-order valence-electron chi connectivity index (χ1n) is 5.87. The van der Waals surface area contributed by atoms with Crippen LogP contribution in [0.25, 0.3) is 6.08 Å². The van der Waals surface area contributed by atoms with Crippen LogP contribution < -0.4 is 4.74 Å². The summed E-state index contributed by atoms with van der Waals surface area (Å²) in [6, 6.07) is 12.0. The molecule has 0 fully saturated rings. The van der Waals surface area contributed by atoms with Crippen LogP contribution in [0, 0.1) is 0 Å². The number of alkyl halides is 1. The SMILES string of the molecule is BrCC/C=C/c1sccc1COc1ccccc1. The molecule has 94 valence electrons. The molecule has 0 bridgehead atoms. The Morgan fingerprint density at radius 3 is 2.78 bits per heavy atom. The van der Waals surface area contributed by atoms with Crippen molar-refractivity contribution in [2.75, 3.05) is 5.33 Å². The van der Waals surface area contributed by atoms with E-state index in [1.807, 2.05) is 30.3 Å². The van der Waals surface area contributed by atoms with Gasteiger partial charge in [-0.1, -0.05) is 40.2 Å². The van der Waals surface area contributed by atoms with Crippen LogP contribution in [0.5, 0.6) is 5.75 Å². The van der Waals surface area contributed by atoms with Crippen LogP contribution in [-0.2, 0) is 6.61 Å². The van der Waals surface area contributed by atoms with Gasteiger partial charge in [-0.2, -0.15) is 0 Å². The van der Waals surface area contributed by atoms with Crippen LogP contribution in [0.4, 0.5) is 0 Å². The second-order valence-corrected chi connectivity index (χ2v) is 5.53. The minimum atomic E-state index is 0.626. The van der Waals surface area contributed by atoms with E-state index in [2.05, 4.69) is 39.5 Å². The highest BCUT2D eigenvalue weighted by Gasteiger charge is 2.02. The molecule has 0 aliphatic carbocycles. The zero-order valence-electron chi connectivity index (χ0n) is 10.0. The summed E-state index contributed by atoms with van der Waals surface area (Å²) in [4.78, 5) is 1.28. The minimum absolute atomic E-state index is 0.626. The largest absolute Gasteiger partial charge is 0.489 e. The third-order valence-electron chi connectivity index (χ3n) is 2.46. The summed E-state index contributed by atoms with van der Waals surface area (Å²) in [5.41, 5.74) is 1.25. The predicted octanol–water partition coefficient (Wildman–Crippen LogP) is 5.13. The Labute approximate surface area is 120 Å². The lowest BCUT2D eigenvalue weighted by molar-refractivity contribution is 0.306. The van der Waals surface area contributed by atoms with E-state index in [0.717, 1.165) is 17.5 Å². The average Bonchev–Trinajstić information content (AvgIpc) is 2.86. The fraction of sp³-hybridized carbons (Fsp3) is 0.200. The van der Waals surface area contributed by atoms with Gasteiger partial charge in [-0.25, -0.2) is 0 Å². The van der Waals surface area contributed by atoms with Crippen molar-refractivity contribution in [3.8, 4) is 5.75 Å². The van der Waals surface area contributed by atoms with Gasteiger partial charge < -0.3 is 4.74 Å². The highest BCUT2D eigenvalue weighted by atomic mass is 79.9. The molecule has 1 nitrogen and oxygen atoms in total. The summed E-state index contributed by atoms with van der Waals surface area (Å²) in [6.45, 7) is 0.626. The number of halogens is 1. The van der Waals surface area contributed by atoms with Crippen LogP contribution in [0.2, 0.25) is 0 Å². The van der Waals surface area contributed by atoms with E-state index < -0.39 is 0 Å². The molecule has 2 rings (SSSR count). The number of thiophene rings is 1. The van der Waals surface area contributed by atoms with Gasteiger partial charge in [0.2, 0.25) is 0 Å². The lowest BCUT2D eigenvalue weighted by atomic mass is 10.2. The molecule has 0 spiro atoms. The molecule has 0 unspecified atom stereocenters. The minimum Gasteiger partial charge on any atom is -0.489 e. The molecular weight excluding hydrogens is 308 g/mol. The molecule has 0 radical (unpaired) electrons. The lowest BCUT2D eigenvalue weighted by Gasteiger charge is -2.05. The van der Waals surface area contributed by atoms with Gasteiger partial charge in [-0.05, 0) is 36.1 Å². The molecule has 18 heavy (non-hydrogen) atoms. The van der Waals surface area contributed by atoms with Crippen molar-refractivity contribution in [1.82, 2.24) is 0 Å². The highest BCUT2D eigenvalue weighted by Crippen LogP contribution is 2.21. The van der Waals surface area contributed by atoms with Crippen LogP contribution in [0.15, 0.2) is 47.9 Å². The maximum Gasteiger partial charge on any atom is 0.119 e. The first-order valence-corrected chi connectivity index (χ1v) is 7.87. The van der Waals surface area contributed by atoms with Crippen molar-refractivity contribution in [3.05, 3.63) is 58.3 Å². The van der Waals surface area contributed by atoms with E-state index in [1.165, 1.54) is 10.4 Å². The maximum absolute atomic E-state index is 5.76. The normalized spacial score (nSPS) is 10.9. The molecule has 0 amide bonds. The summed E-state index contributed by atoms with van der Waals surface area (Å²) in [6.07, 6.45) is 5.42. The molecule has 0 saturated carbocycles. The smallest absolute Gasteiger partial charge is 0.119 e. The summed E-state index contributed by atoms with van der Waals surface area (Å²) in [5.74, 6) is 0.916. The molecule has 3 heteroatoms. The van der Waals surface area contributed by atoms with Gasteiger partial charge in [0.25, 0.3) is 0 Å². The number of ether oxygens (including phenoxy) is 1. The van der Waals surface area contributed by atoms with E-state index in [1.54, 1.807) is 11.3 Å². The zero-order valence-corrected chi connectivity index (χ0v) is 12.4. The first kappa shape index (κ1) is 13.4. The van der Waals surface area contributed by atoms with Crippen molar-refractivity contribution in [1.29, 1.82) is 0 Å². The van der Waals surface area contributed by atoms with Crippen LogP contribution in [-0.4, -0.2) is 5.33 Å². The van der Waals surface area contributed by atoms with E-state index in [4.69, 9.17) is 4.74 Å². The van der Waals surface area contributed by atoms with E-state index in [-0.39, 0.29) is 0 Å². The average molecular weight is 323 g/mol. The Bertz CT molecular complexity index is 490. The van der Waals surface area contributed by atoms with Crippen LogP contribution >= 0.6 is 27.3 Å². The topological polar surface area (TPSA) is 9.23 Å². The third-order valence-corrected chi connectivity index (χ3v) is 3.85. The number of allylic oxidation sites excluding steroid dienone is 1. The Morgan fingerprint density at radius 1 is 1.17 bits per heavy atom. The molecule has 1 aromatic carbocycles. The number of hydrogen-bond acceptors (Lipinski definition) is 2. The number of benzene rings is 1. The molecule has 1 heterocycles. The monoisotopic (exact) mass is 322 g/mol. The molecule has 2 aromatic rings. The predicted molar refractivity (Wildman–Crippen MR) is 82.5 cm³/mol. The second-order valence-electron chi connectivity index (χ2n) is 3.79. The van der Waals surface area contributed by atoms with Crippen molar-refractivity contribution in [2.24, 2.45) is 0 Å². The highest BCUT2D eigenvalue weighted by molar-refractivity contribution is 9.09. The van der Waals surface area contributed by atoms with Crippen molar-refractivity contribution < 1.29 is 4.74 Å². The number of hydrogen-bond donors (Lipinski definition) is 0. The fourth-order valence-corrected chi connectivity index (χ4v) is 2.64. The first-order chi connectivity index (χ1) is 8.90. The Balaban J connectivity index is 1.95. The molecule has 0 aliphatic heterocycles. The van der Waals surface area contributed by atoms with E-state index in [9.17, 15) is 0 Å². The molecular formula is C15H15BrOS. The maximum atomic E-state index is 5.76. The van der Waals surface area contributed by atoms with Crippen LogP contribution in [0.1, 0.15) is 16.9 Å². The Kier molecular flexibility index (Phi) is 5.49. The quantitative estimate of drug-likeness (QED) is 0.670. The van der Waals surface area contributed by atoms with Crippen molar-refractivity contribution in [2.45, 2.75) is 13.0 Å². The summed E-state index contributed by atoms with van der Waals surface area (Å²) in [7, 11) is 0. The molecule has 0 atom stereocenters. The molecule has 0 N–H and O–H groups in total. The summed E-state index contributed by atoms with van der Waals surface area (Å²) < 4.78 is 5.76. The van der Waals surface area contributed by atoms with E-state index in [0.29, 0.717) is 6.61 Å². The van der Waals surface area contributed by atoms with E-state index >= 15 is 0 Å². The van der Waals surface area contributed by atoms with Gasteiger partial charge in [0.15, 0.2) is 0 Å².